The SMILES string of the molecule is Cc1ccc(-n2nnnc2SCC(=O)Nc2nc3ccccc3s2)cc1. The Balaban J connectivity index is 1.42. The number of amides is 1. The third-order valence-corrected chi connectivity index (χ3v) is 5.46. The number of thiazole rings is 1. The molecule has 7 nitrogen and oxygen atoms in total. The summed E-state index contributed by atoms with van der Waals surface area (Å²) in [6, 6.07) is 15.6. The molecule has 0 unspecified atom stereocenters. The first kappa shape index (κ1) is 16.7. The zero-order valence-corrected chi connectivity index (χ0v) is 15.4. The summed E-state index contributed by atoms with van der Waals surface area (Å²) in [7, 11) is 0. The first-order valence-corrected chi connectivity index (χ1v) is 9.63. The van der Waals surface area contributed by atoms with Crippen molar-refractivity contribution >= 4 is 44.4 Å². The van der Waals surface area contributed by atoms with Crippen molar-refractivity contribution in [2.24, 2.45) is 0 Å². The number of fused-ring (bicyclic) bond motifs is 1. The number of rotatable bonds is 5. The average molecular weight is 382 g/mol. The molecule has 0 aliphatic rings. The minimum absolute atomic E-state index is 0.146. The van der Waals surface area contributed by atoms with Gasteiger partial charge in [-0.25, -0.2) is 4.98 Å². The van der Waals surface area contributed by atoms with Crippen LogP contribution >= 0.6 is 23.1 Å². The number of para-hydroxylation sites is 1. The van der Waals surface area contributed by atoms with Gasteiger partial charge in [0.2, 0.25) is 11.1 Å². The van der Waals surface area contributed by atoms with Crippen LogP contribution in [0.5, 0.6) is 0 Å². The van der Waals surface area contributed by atoms with E-state index < -0.39 is 0 Å². The number of hydrogen-bond donors (Lipinski definition) is 1. The summed E-state index contributed by atoms with van der Waals surface area (Å²) in [5.41, 5.74) is 2.89. The third kappa shape index (κ3) is 3.58. The van der Waals surface area contributed by atoms with Crippen LogP contribution in [-0.4, -0.2) is 36.9 Å². The largest absolute Gasteiger partial charge is 0.301 e. The Morgan fingerprint density at radius 2 is 2.00 bits per heavy atom. The predicted molar refractivity (Wildman–Crippen MR) is 103 cm³/mol. The molecule has 2 aromatic carbocycles. The Kier molecular flexibility index (Phi) is 4.63. The van der Waals surface area contributed by atoms with Crippen molar-refractivity contribution in [3.05, 3.63) is 54.1 Å². The Bertz CT molecular complexity index is 1020. The van der Waals surface area contributed by atoms with E-state index in [2.05, 4.69) is 25.8 Å². The second-order valence-electron chi connectivity index (χ2n) is 5.53. The van der Waals surface area contributed by atoms with Gasteiger partial charge in [-0.15, -0.1) is 5.10 Å². The highest BCUT2D eigenvalue weighted by atomic mass is 32.2. The van der Waals surface area contributed by atoms with Gasteiger partial charge in [0.1, 0.15) is 0 Å². The van der Waals surface area contributed by atoms with Crippen molar-refractivity contribution in [3.8, 4) is 5.69 Å². The predicted octanol–water partition coefficient (Wildman–Crippen LogP) is 3.31. The number of thioether (sulfide) groups is 1. The number of benzene rings is 2. The van der Waals surface area contributed by atoms with Crippen molar-refractivity contribution in [2.75, 3.05) is 11.1 Å². The van der Waals surface area contributed by atoms with Gasteiger partial charge in [0.15, 0.2) is 5.13 Å². The molecular weight excluding hydrogens is 368 g/mol. The van der Waals surface area contributed by atoms with Gasteiger partial charge in [-0.3, -0.25) is 4.79 Å². The van der Waals surface area contributed by atoms with Gasteiger partial charge in [-0.2, -0.15) is 4.68 Å². The van der Waals surface area contributed by atoms with Crippen LogP contribution in [0.2, 0.25) is 0 Å². The molecule has 2 heterocycles. The van der Waals surface area contributed by atoms with E-state index in [0.29, 0.717) is 10.3 Å². The van der Waals surface area contributed by atoms with E-state index in [9.17, 15) is 4.79 Å². The Labute approximate surface area is 157 Å². The summed E-state index contributed by atoms with van der Waals surface area (Å²) in [6.07, 6.45) is 0. The van der Waals surface area contributed by atoms with Crippen molar-refractivity contribution < 1.29 is 4.79 Å². The molecule has 0 aliphatic carbocycles. The van der Waals surface area contributed by atoms with Crippen LogP contribution in [0.15, 0.2) is 53.7 Å². The maximum atomic E-state index is 12.2. The molecule has 0 saturated heterocycles. The average Bonchev–Trinajstić information content (AvgIpc) is 3.26. The van der Waals surface area contributed by atoms with Crippen LogP contribution in [0.25, 0.3) is 15.9 Å². The summed E-state index contributed by atoms with van der Waals surface area (Å²) in [6.45, 7) is 2.02. The zero-order valence-electron chi connectivity index (χ0n) is 13.8. The van der Waals surface area contributed by atoms with E-state index in [-0.39, 0.29) is 11.7 Å². The molecule has 0 saturated carbocycles. The van der Waals surface area contributed by atoms with E-state index in [1.54, 1.807) is 4.68 Å². The van der Waals surface area contributed by atoms with Gasteiger partial charge in [0.25, 0.3) is 0 Å². The van der Waals surface area contributed by atoms with Crippen LogP contribution in [0.4, 0.5) is 5.13 Å². The molecule has 4 rings (SSSR count). The van der Waals surface area contributed by atoms with E-state index in [1.165, 1.54) is 23.1 Å². The number of nitrogens with one attached hydrogen (secondary N) is 1. The lowest BCUT2D eigenvalue weighted by molar-refractivity contribution is -0.113. The van der Waals surface area contributed by atoms with E-state index in [0.717, 1.165) is 21.5 Å². The lowest BCUT2D eigenvalue weighted by Gasteiger charge is -2.04. The number of hydrogen-bond acceptors (Lipinski definition) is 7. The first-order chi connectivity index (χ1) is 12.7. The minimum atomic E-state index is -0.146. The highest BCUT2D eigenvalue weighted by Crippen LogP contribution is 2.26. The number of aryl methyl sites for hydroxylation is 1. The highest BCUT2D eigenvalue weighted by molar-refractivity contribution is 7.99. The normalized spacial score (nSPS) is 11.0. The van der Waals surface area contributed by atoms with Gasteiger partial charge in [-0.1, -0.05) is 52.9 Å². The molecule has 0 spiro atoms. The number of tetrazole rings is 1. The maximum Gasteiger partial charge on any atom is 0.236 e. The number of anilines is 1. The topological polar surface area (TPSA) is 85.6 Å². The molecule has 0 fully saturated rings. The molecular formula is C17H14N6OS2. The van der Waals surface area contributed by atoms with Crippen LogP contribution < -0.4 is 5.32 Å². The van der Waals surface area contributed by atoms with Crippen LogP contribution in [0, 0.1) is 6.92 Å². The molecule has 130 valence electrons. The summed E-state index contributed by atoms with van der Waals surface area (Å²) in [5.74, 6) is 0.0508. The molecule has 0 bridgehead atoms. The van der Waals surface area contributed by atoms with Crippen molar-refractivity contribution in [3.63, 3.8) is 0 Å². The lowest BCUT2D eigenvalue weighted by Crippen LogP contribution is -2.14. The number of aromatic nitrogens is 5. The Hall–Kier alpha value is -2.78. The van der Waals surface area contributed by atoms with Crippen molar-refractivity contribution in [1.82, 2.24) is 25.2 Å². The van der Waals surface area contributed by atoms with Gasteiger partial charge < -0.3 is 5.32 Å². The molecule has 0 radical (unpaired) electrons. The molecule has 0 atom stereocenters. The molecule has 9 heteroatoms. The van der Waals surface area contributed by atoms with Crippen molar-refractivity contribution in [2.45, 2.75) is 12.1 Å². The number of carbonyl (C=O) groups excluding carboxylic acids is 1. The molecule has 26 heavy (non-hydrogen) atoms. The first-order valence-electron chi connectivity index (χ1n) is 7.83. The van der Waals surface area contributed by atoms with E-state index >= 15 is 0 Å². The second kappa shape index (κ2) is 7.22. The van der Waals surface area contributed by atoms with E-state index in [1.807, 2.05) is 55.5 Å². The maximum absolute atomic E-state index is 12.2. The third-order valence-electron chi connectivity index (χ3n) is 3.59. The quantitative estimate of drug-likeness (QED) is 0.533. The molecule has 4 aromatic rings. The van der Waals surface area contributed by atoms with Gasteiger partial charge in [0.05, 0.1) is 21.7 Å². The standard InChI is InChI=1S/C17H14N6OS2/c1-11-6-8-12(9-7-11)23-17(20-21-22-23)25-10-15(24)19-16-18-13-4-2-3-5-14(13)26-16/h2-9H,10H2,1H3,(H,18,19,24). The fourth-order valence-corrected chi connectivity index (χ4v) is 3.90. The smallest absolute Gasteiger partial charge is 0.236 e. The summed E-state index contributed by atoms with van der Waals surface area (Å²) < 4.78 is 2.66. The van der Waals surface area contributed by atoms with E-state index in [4.69, 9.17) is 0 Å². The van der Waals surface area contributed by atoms with Gasteiger partial charge in [0, 0.05) is 0 Å². The summed E-state index contributed by atoms with van der Waals surface area (Å²) >= 11 is 2.73. The number of carbonyl (C=O) groups is 1. The summed E-state index contributed by atoms with van der Waals surface area (Å²) in [5, 5.41) is 15.7. The molecule has 2 aromatic heterocycles. The van der Waals surface area contributed by atoms with Gasteiger partial charge in [-0.05, 0) is 41.6 Å². The highest BCUT2D eigenvalue weighted by Gasteiger charge is 2.13. The number of nitrogens with zero attached hydrogens (tertiary/aromatic N) is 5. The van der Waals surface area contributed by atoms with Crippen molar-refractivity contribution in [1.29, 1.82) is 0 Å². The van der Waals surface area contributed by atoms with Crippen LogP contribution in [0.1, 0.15) is 5.56 Å². The minimum Gasteiger partial charge on any atom is -0.301 e. The Morgan fingerprint density at radius 3 is 2.81 bits per heavy atom. The zero-order chi connectivity index (χ0) is 17.9. The van der Waals surface area contributed by atoms with Gasteiger partial charge >= 0.3 is 0 Å². The molecule has 0 aliphatic heterocycles. The Morgan fingerprint density at radius 1 is 1.19 bits per heavy atom. The fourth-order valence-electron chi connectivity index (χ4n) is 2.33. The monoisotopic (exact) mass is 382 g/mol. The lowest BCUT2D eigenvalue weighted by atomic mass is 10.2. The molecule has 1 N–H and O–H groups in total. The second-order valence-corrected chi connectivity index (χ2v) is 7.51. The van der Waals surface area contributed by atoms with Crippen LogP contribution in [0.3, 0.4) is 0 Å². The fraction of sp³-hybridized carbons (Fsp3) is 0.118. The van der Waals surface area contributed by atoms with Crippen LogP contribution in [-0.2, 0) is 4.79 Å². The molecule has 1 amide bonds. The summed E-state index contributed by atoms with van der Waals surface area (Å²) in [4.78, 5) is 16.6.